The van der Waals surface area contributed by atoms with E-state index >= 15 is 0 Å². The van der Waals surface area contributed by atoms with Crippen LogP contribution in [-0.2, 0) is 11.8 Å². The number of alkyl halides is 7. The highest BCUT2D eigenvalue weighted by Gasteiger charge is 2.71. The van der Waals surface area contributed by atoms with E-state index in [2.05, 4.69) is 15.2 Å². The first-order valence-corrected chi connectivity index (χ1v) is 10.3. The predicted octanol–water partition coefficient (Wildman–Crippen LogP) is 5.87. The summed E-state index contributed by atoms with van der Waals surface area (Å²) in [6.07, 6.45) is -4.17. The Balaban J connectivity index is 1.57. The van der Waals surface area contributed by atoms with Gasteiger partial charge in [0, 0.05) is 36.9 Å². The number of hydrogen-bond donors (Lipinski definition) is 1. The molecule has 2 fully saturated rings. The van der Waals surface area contributed by atoms with Gasteiger partial charge in [-0.3, -0.25) is 9.48 Å². The Hall–Kier alpha value is -2.79. The summed E-state index contributed by atoms with van der Waals surface area (Å²) in [4.78, 5) is 12.4. The molecule has 33 heavy (non-hydrogen) atoms. The average Bonchev–Trinajstić information content (AvgIpc) is 2.95. The number of aromatic nitrogens is 2. The van der Waals surface area contributed by atoms with Gasteiger partial charge in [-0.1, -0.05) is 6.42 Å². The summed E-state index contributed by atoms with van der Waals surface area (Å²) in [5.41, 5.74) is 1.54. The summed E-state index contributed by atoms with van der Waals surface area (Å²) < 4.78 is 95.7. The second-order valence-electron chi connectivity index (χ2n) is 8.42. The van der Waals surface area contributed by atoms with Crippen LogP contribution >= 0.6 is 0 Å². The van der Waals surface area contributed by atoms with Gasteiger partial charge in [0.05, 0.1) is 5.69 Å². The first kappa shape index (κ1) is 23.4. The Bertz CT molecular complexity index is 1040. The number of nitrogens with zero attached hydrogens (tertiary/aromatic N) is 2. The van der Waals surface area contributed by atoms with Crippen LogP contribution in [0.2, 0.25) is 0 Å². The lowest BCUT2D eigenvalue weighted by Crippen LogP contribution is -2.59. The molecule has 180 valence electrons. The summed E-state index contributed by atoms with van der Waals surface area (Å²) in [5, 5.41) is 6.91. The van der Waals surface area contributed by atoms with Gasteiger partial charge >= 0.3 is 18.2 Å². The van der Waals surface area contributed by atoms with Gasteiger partial charge in [0.25, 0.3) is 0 Å². The highest BCUT2D eigenvalue weighted by molar-refractivity contribution is 5.92. The highest BCUT2D eigenvalue weighted by Crippen LogP contribution is 2.56. The number of hydrogen-bond acceptors (Lipinski definition) is 3. The maximum atomic E-state index is 13.6. The molecule has 2 aromatic rings. The summed E-state index contributed by atoms with van der Waals surface area (Å²) in [6.45, 7) is 0. The minimum atomic E-state index is -4.83. The molecule has 0 unspecified atom stereocenters. The molecule has 4 rings (SSSR count). The van der Waals surface area contributed by atoms with Crippen molar-refractivity contribution in [3.63, 3.8) is 0 Å². The van der Waals surface area contributed by atoms with Crippen LogP contribution in [0.1, 0.15) is 43.6 Å². The van der Waals surface area contributed by atoms with Gasteiger partial charge in [-0.2, -0.15) is 22.7 Å². The van der Waals surface area contributed by atoms with Gasteiger partial charge in [-0.25, -0.2) is 0 Å². The Morgan fingerprint density at radius 1 is 1.18 bits per heavy atom. The SMILES string of the molecule is Cn1nc(-c2ccc(OC(F)(F)F)cc2)c(C2CCC2)c1NC(=O)C[C@@H]1CC(F)(F)C1(F)F. The minimum Gasteiger partial charge on any atom is -0.406 e. The summed E-state index contributed by atoms with van der Waals surface area (Å²) in [5.74, 6) is -11.1. The van der Waals surface area contributed by atoms with Gasteiger partial charge in [-0.05, 0) is 43.0 Å². The van der Waals surface area contributed by atoms with Gasteiger partial charge in [-0.15, -0.1) is 13.2 Å². The maximum absolute atomic E-state index is 13.6. The molecule has 1 aromatic heterocycles. The third-order valence-electron chi connectivity index (χ3n) is 6.15. The monoisotopic (exact) mass is 479 g/mol. The van der Waals surface area contributed by atoms with E-state index in [4.69, 9.17) is 0 Å². The molecule has 2 saturated carbocycles. The average molecular weight is 479 g/mol. The quantitative estimate of drug-likeness (QED) is 0.527. The molecule has 0 radical (unpaired) electrons. The number of benzene rings is 1. The molecule has 1 atom stereocenters. The van der Waals surface area contributed by atoms with Gasteiger partial charge in [0.15, 0.2) is 0 Å². The van der Waals surface area contributed by atoms with Crippen molar-refractivity contribution < 1.29 is 40.3 Å². The Labute approximate surface area is 183 Å². The van der Waals surface area contributed by atoms with Gasteiger partial charge in [0.2, 0.25) is 5.91 Å². The number of amides is 1. The molecular formula is C21H20F7N3O2. The second-order valence-corrected chi connectivity index (χ2v) is 8.42. The third-order valence-corrected chi connectivity index (χ3v) is 6.15. The van der Waals surface area contributed by atoms with Crippen molar-refractivity contribution in [2.45, 2.75) is 56.2 Å². The van der Waals surface area contributed by atoms with Crippen LogP contribution in [0, 0.1) is 5.92 Å². The first-order valence-electron chi connectivity index (χ1n) is 10.3. The summed E-state index contributed by atoms with van der Waals surface area (Å²) in [6, 6.07) is 5.07. The molecule has 1 N–H and O–H groups in total. The van der Waals surface area contributed by atoms with E-state index in [0.29, 0.717) is 16.8 Å². The molecule has 0 aliphatic heterocycles. The van der Waals surface area contributed by atoms with E-state index in [-0.39, 0.29) is 11.7 Å². The van der Waals surface area contributed by atoms with E-state index in [9.17, 15) is 35.5 Å². The van der Waals surface area contributed by atoms with Crippen molar-refractivity contribution in [3.05, 3.63) is 29.8 Å². The molecule has 12 heteroatoms. The fraction of sp³-hybridized carbons (Fsp3) is 0.524. The number of anilines is 1. The Kier molecular flexibility index (Phi) is 5.60. The molecule has 1 amide bonds. The zero-order valence-corrected chi connectivity index (χ0v) is 17.4. The number of halogens is 7. The van der Waals surface area contributed by atoms with E-state index in [1.165, 1.54) is 23.9 Å². The van der Waals surface area contributed by atoms with E-state index in [1.54, 1.807) is 0 Å². The zero-order valence-electron chi connectivity index (χ0n) is 17.4. The second kappa shape index (κ2) is 7.91. The summed E-state index contributed by atoms with van der Waals surface area (Å²) in [7, 11) is 1.52. The first-order chi connectivity index (χ1) is 15.3. The highest BCUT2D eigenvalue weighted by atomic mass is 19.4. The van der Waals surface area contributed by atoms with E-state index < -0.39 is 48.6 Å². The smallest absolute Gasteiger partial charge is 0.406 e. The fourth-order valence-corrected chi connectivity index (χ4v) is 4.15. The van der Waals surface area contributed by atoms with Crippen molar-refractivity contribution in [1.29, 1.82) is 0 Å². The van der Waals surface area contributed by atoms with Crippen molar-refractivity contribution in [2.24, 2.45) is 13.0 Å². The minimum absolute atomic E-state index is 0.00424. The Morgan fingerprint density at radius 2 is 1.82 bits per heavy atom. The molecule has 2 aliphatic rings. The number of ether oxygens (including phenoxy) is 1. The van der Waals surface area contributed by atoms with Gasteiger partial charge < -0.3 is 10.1 Å². The molecule has 1 aromatic carbocycles. The molecule has 0 bridgehead atoms. The molecule has 1 heterocycles. The van der Waals surface area contributed by atoms with Crippen LogP contribution in [-0.4, -0.2) is 33.9 Å². The topological polar surface area (TPSA) is 56.1 Å². The lowest BCUT2D eigenvalue weighted by molar-refractivity contribution is -0.313. The molecule has 0 saturated heterocycles. The third kappa shape index (κ3) is 4.39. The van der Waals surface area contributed by atoms with Crippen molar-refractivity contribution in [3.8, 4) is 17.0 Å². The summed E-state index contributed by atoms with van der Waals surface area (Å²) >= 11 is 0. The van der Waals surface area contributed by atoms with Gasteiger partial charge in [0.1, 0.15) is 11.6 Å². The number of carbonyl (C=O) groups excluding carboxylic acids is 1. The normalized spacial score (nSPS) is 21.8. The maximum Gasteiger partial charge on any atom is 0.573 e. The molecule has 2 aliphatic carbocycles. The molecule has 0 spiro atoms. The van der Waals surface area contributed by atoms with E-state index in [1.807, 2.05) is 0 Å². The number of carbonyl (C=O) groups is 1. The molecule has 5 nitrogen and oxygen atoms in total. The molecular weight excluding hydrogens is 459 g/mol. The van der Waals surface area contributed by atoms with Crippen LogP contribution in [0.15, 0.2) is 24.3 Å². The van der Waals surface area contributed by atoms with Crippen LogP contribution in [0.25, 0.3) is 11.3 Å². The van der Waals surface area contributed by atoms with Crippen molar-refractivity contribution in [2.75, 3.05) is 5.32 Å². The van der Waals surface area contributed by atoms with Crippen molar-refractivity contribution in [1.82, 2.24) is 9.78 Å². The number of aryl methyl sites for hydroxylation is 1. The van der Waals surface area contributed by atoms with Crippen molar-refractivity contribution >= 4 is 11.7 Å². The largest absolute Gasteiger partial charge is 0.573 e. The predicted molar refractivity (Wildman–Crippen MR) is 103 cm³/mol. The lowest BCUT2D eigenvalue weighted by atomic mass is 9.74. The van der Waals surface area contributed by atoms with Crippen LogP contribution in [0.3, 0.4) is 0 Å². The number of rotatable bonds is 6. The standard InChI is InChI=1S/C21H20F7N3O2/c1-31-18(29-15(32)9-13-10-19(22,23)20(13,24)25)16(11-3-2-4-11)17(30-31)12-5-7-14(8-6-12)33-21(26,27)28/h5-8,11,13H,2-4,9-10H2,1H3,(H,29,32)/t13-/m1/s1. The number of nitrogens with one attached hydrogen (secondary N) is 1. The lowest BCUT2D eigenvalue weighted by Gasteiger charge is -2.43. The Morgan fingerprint density at radius 3 is 2.30 bits per heavy atom. The fourth-order valence-electron chi connectivity index (χ4n) is 4.15. The van der Waals surface area contributed by atoms with Crippen LogP contribution in [0.5, 0.6) is 5.75 Å². The van der Waals surface area contributed by atoms with E-state index in [0.717, 1.165) is 31.4 Å². The van der Waals surface area contributed by atoms with Crippen LogP contribution in [0.4, 0.5) is 36.6 Å². The van der Waals surface area contributed by atoms with Crippen LogP contribution < -0.4 is 10.1 Å². The zero-order chi connectivity index (χ0) is 24.2.